The summed E-state index contributed by atoms with van der Waals surface area (Å²) in [5.74, 6) is 0.182. The molecule has 2 fully saturated rings. The van der Waals surface area contributed by atoms with Crippen LogP contribution in [0.4, 0.5) is 0 Å². The third-order valence-electron chi connectivity index (χ3n) is 5.37. The minimum Gasteiger partial charge on any atom is -0.481 e. The van der Waals surface area contributed by atoms with Gasteiger partial charge in [0.05, 0.1) is 12.5 Å². The van der Waals surface area contributed by atoms with Gasteiger partial charge in [-0.1, -0.05) is 51.4 Å². The summed E-state index contributed by atoms with van der Waals surface area (Å²) < 4.78 is 5.14. The van der Waals surface area contributed by atoms with Crippen molar-refractivity contribution in [3.8, 4) is 0 Å². The first-order valence-corrected chi connectivity index (χ1v) is 8.66. The van der Waals surface area contributed by atoms with E-state index in [-0.39, 0.29) is 5.92 Å². The first kappa shape index (κ1) is 16.8. The van der Waals surface area contributed by atoms with Gasteiger partial charge in [0.1, 0.15) is 0 Å². The van der Waals surface area contributed by atoms with Crippen molar-refractivity contribution in [2.75, 3.05) is 33.4 Å². The van der Waals surface area contributed by atoms with E-state index in [1.807, 2.05) is 0 Å². The molecule has 2 rings (SSSR count). The van der Waals surface area contributed by atoms with E-state index in [1.54, 1.807) is 7.11 Å². The van der Waals surface area contributed by atoms with Gasteiger partial charge in [0, 0.05) is 26.7 Å². The van der Waals surface area contributed by atoms with Crippen LogP contribution >= 0.6 is 0 Å². The molecule has 1 heterocycles. The number of carboxylic acid groups (broad SMARTS) is 1. The molecule has 0 aromatic carbocycles. The molecule has 2 unspecified atom stereocenters. The Bertz CT molecular complexity index is 311. The lowest BCUT2D eigenvalue weighted by molar-refractivity contribution is -0.143. The first-order valence-electron chi connectivity index (χ1n) is 8.66. The third kappa shape index (κ3) is 4.96. The fraction of sp³-hybridized carbons (Fsp3) is 0.941. The monoisotopic (exact) mass is 297 g/mol. The molecule has 21 heavy (non-hydrogen) atoms. The zero-order valence-corrected chi connectivity index (χ0v) is 13.4. The Morgan fingerprint density at radius 1 is 1.10 bits per heavy atom. The lowest BCUT2D eigenvalue weighted by Crippen LogP contribution is -2.28. The van der Waals surface area contributed by atoms with Crippen molar-refractivity contribution in [2.45, 2.75) is 51.4 Å². The number of methoxy groups -OCH3 is 1. The number of hydrogen-bond acceptors (Lipinski definition) is 3. The molecule has 1 N–H and O–H groups in total. The number of hydrogen-bond donors (Lipinski definition) is 1. The van der Waals surface area contributed by atoms with Crippen molar-refractivity contribution < 1.29 is 14.6 Å². The summed E-state index contributed by atoms with van der Waals surface area (Å²) in [6.45, 7) is 3.22. The second-order valence-corrected chi connectivity index (χ2v) is 6.82. The van der Waals surface area contributed by atoms with Crippen molar-refractivity contribution >= 4 is 5.97 Å². The Hall–Kier alpha value is -0.610. The molecule has 0 radical (unpaired) electrons. The fourth-order valence-electron chi connectivity index (χ4n) is 4.15. The summed E-state index contributed by atoms with van der Waals surface area (Å²) in [6.07, 6.45) is 10.4. The molecule has 1 saturated carbocycles. The molecule has 0 bridgehead atoms. The normalized spacial score (nSPS) is 29.8. The Balaban J connectivity index is 1.97. The molecule has 1 saturated heterocycles. The quantitative estimate of drug-likeness (QED) is 0.847. The van der Waals surface area contributed by atoms with E-state index >= 15 is 0 Å². The summed E-state index contributed by atoms with van der Waals surface area (Å²) in [6, 6.07) is 0. The first-order chi connectivity index (χ1) is 10.2. The smallest absolute Gasteiger partial charge is 0.308 e. The third-order valence-corrected chi connectivity index (χ3v) is 5.37. The Morgan fingerprint density at radius 2 is 1.71 bits per heavy atom. The fourth-order valence-corrected chi connectivity index (χ4v) is 4.15. The molecule has 4 nitrogen and oxygen atoms in total. The largest absolute Gasteiger partial charge is 0.481 e. The Morgan fingerprint density at radius 3 is 2.29 bits per heavy atom. The number of ether oxygens (including phenoxy) is 1. The van der Waals surface area contributed by atoms with Crippen LogP contribution < -0.4 is 0 Å². The lowest BCUT2D eigenvalue weighted by atomic mass is 9.78. The topological polar surface area (TPSA) is 49.8 Å². The van der Waals surface area contributed by atoms with Gasteiger partial charge in [0.2, 0.25) is 0 Å². The van der Waals surface area contributed by atoms with Gasteiger partial charge < -0.3 is 9.84 Å². The number of rotatable bonds is 5. The summed E-state index contributed by atoms with van der Waals surface area (Å²) in [5.41, 5.74) is 0. The number of carboxylic acids is 1. The van der Waals surface area contributed by atoms with E-state index in [4.69, 9.17) is 4.74 Å². The molecular formula is C17H31NO3. The van der Waals surface area contributed by atoms with Crippen LogP contribution in [0.1, 0.15) is 51.4 Å². The molecule has 1 aliphatic heterocycles. The van der Waals surface area contributed by atoms with Crippen molar-refractivity contribution in [1.82, 2.24) is 4.90 Å². The van der Waals surface area contributed by atoms with E-state index in [9.17, 15) is 9.90 Å². The van der Waals surface area contributed by atoms with Gasteiger partial charge in [0.15, 0.2) is 0 Å². The molecule has 0 aromatic heterocycles. The summed E-state index contributed by atoms with van der Waals surface area (Å²) >= 11 is 0. The Kier molecular flexibility index (Phi) is 6.97. The van der Waals surface area contributed by atoms with E-state index in [2.05, 4.69) is 4.90 Å². The zero-order chi connectivity index (χ0) is 15.1. The number of carbonyl (C=O) groups is 1. The van der Waals surface area contributed by atoms with Gasteiger partial charge in [0.25, 0.3) is 0 Å². The second kappa shape index (κ2) is 8.74. The second-order valence-electron chi connectivity index (χ2n) is 6.82. The maximum absolute atomic E-state index is 11.6. The van der Waals surface area contributed by atoms with Gasteiger partial charge in [-0.15, -0.1) is 0 Å². The van der Waals surface area contributed by atoms with Crippen LogP contribution in [0.2, 0.25) is 0 Å². The van der Waals surface area contributed by atoms with Crippen LogP contribution in [0.25, 0.3) is 0 Å². The van der Waals surface area contributed by atoms with Crippen molar-refractivity contribution in [2.24, 2.45) is 17.8 Å². The minimum absolute atomic E-state index is 0.174. The van der Waals surface area contributed by atoms with Gasteiger partial charge in [-0.25, -0.2) is 0 Å². The van der Waals surface area contributed by atoms with Crippen LogP contribution in [-0.4, -0.2) is 49.3 Å². The average Bonchev–Trinajstić information content (AvgIpc) is 2.93. The molecule has 2 atom stereocenters. The van der Waals surface area contributed by atoms with Crippen LogP contribution in [0.5, 0.6) is 0 Å². The summed E-state index contributed by atoms with van der Waals surface area (Å²) in [4.78, 5) is 13.9. The van der Waals surface area contributed by atoms with Gasteiger partial charge in [-0.05, 0) is 11.8 Å². The van der Waals surface area contributed by atoms with E-state index in [0.29, 0.717) is 25.0 Å². The van der Waals surface area contributed by atoms with Crippen LogP contribution in [0.15, 0.2) is 0 Å². The molecule has 0 amide bonds. The molecule has 4 heteroatoms. The van der Waals surface area contributed by atoms with Gasteiger partial charge in [-0.2, -0.15) is 0 Å². The molecule has 2 aliphatic rings. The van der Waals surface area contributed by atoms with Gasteiger partial charge >= 0.3 is 5.97 Å². The number of aliphatic carboxylic acids is 1. The lowest BCUT2D eigenvalue weighted by Gasteiger charge is -2.26. The van der Waals surface area contributed by atoms with Crippen molar-refractivity contribution in [1.29, 1.82) is 0 Å². The highest BCUT2D eigenvalue weighted by Gasteiger charge is 2.41. The highest BCUT2D eigenvalue weighted by molar-refractivity contribution is 5.71. The highest BCUT2D eigenvalue weighted by Crippen LogP contribution is 2.36. The minimum atomic E-state index is -0.597. The summed E-state index contributed by atoms with van der Waals surface area (Å²) in [7, 11) is 1.71. The molecule has 0 spiro atoms. The molecule has 0 aromatic rings. The SMILES string of the molecule is COCCN1CC(C(=O)O)C(C2CCCCCCCC2)C1. The standard InChI is InChI=1S/C17H31NO3/c1-21-11-10-18-12-15(16(13-18)17(19)20)14-8-6-4-2-3-5-7-9-14/h14-16H,2-13H2,1H3,(H,19,20). The van der Waals surface area contributed by atoms with Gasteiger partial charge in [-0.3, -0.25) is 9.69 Å². The summed E-state index contributed by atoms with van der Waals surface area (Å²) in [5, 5.41) is 9.58. The van der Waals surface area contributed by atoms with Crippen LogP contribution in [0.3, 0.4) is 0 Å². The number of nitrogens with zero attached hydrogens (tertiary/aromatic N) is 1. The maximum atomic E-state index is 11.6. The highest BCUT2D eigenvalue weighted by atomic mass is 16.5. The molecule has 1 aliphatic carbocycles. The van der Waals surface area contributed by atoms with Crippen molar-refractivity contribution in [3.05, 3.63) is 0 Å². The maximum Gasteiger partial charge on any atom is 0.308 e. The van der Waals surface area contributed by atoms with Crippen LogP contribution in [0, 0.1) is 17.8 Å². The molecular weight excluding hydrogens is 266 g/mol. The van der Waals surface area contributed by atoms with Crippen LogP contribution in [-0.2, 0) is 9.53 Å². The Labute approximate surface area is 128 Å². The van der Waals surface area contributed by atoms with E-state index < -0.39 is 5.97 Å². The zero-order valence-electron chi connectivity index (χ0n) is 13.4. The predicted octanol–water partition coefficient (Wildman–Crippen LogP) is 3.02. The van der Waals surface area contributed by atoms with E-state index in [0.717, 1.165) is 13.1 Å². The number of likely N-dealkylation sites (tertiary alicyclic amines) is 1. The van der Waals surface area contributed by atoms with Crippen molar-refractivity contribution in [3.63, 3.8) is 0 Å². The molecule has 122 valence electrons. The van der Waals surface area contributed by atoms with E-state index in [1.165, 1.54) is 51.4 Å². The average molecular weight is 297 g/mol. The predicted molar refractivity (Wildman–Crippen MR) is 83.4 cm³/mol.